The number of rotatable bonds is 6. The number of nitrogens with one attached hydrogen (secondary N) is 1. The molecule has 9 nitrogen and oxygen atoms in total. The molecule has 0 aliphatic carbocycles. The van der Waals surface area contributed by atoms with Gasteiger partial charge in [0.05, 0.1) is 6.04 Å². The molecule has 1 saturated heterocycles. The van der Waals surface area contributed by atoms with Gasteiger partial charge in [0.15, 0.2) is 17.3 Å². The molecular formula is C22H22N8O. The molecular weight excluding hydrogens is 392 g/mol. The molecule has 0 saturated carbocycles. The number of hydrogen-bond donors (Lipinski definition) is 1. The van der Waals surface area contributed by atoms with Crippen LogP contribution in [-0.4, -0.2) is 36.6 Å². The van der Waals surface area contributed by atoms with Crippen LogP contribution in [0, 0.1) is 0 Å². The van der Waals surface area contributed by atoms with Crippen molar-refractivity contribution in [1.29, 1.82) is 0 Å². The van der Waals surface area contributed by atoms with Gasteiger partial charge in [0.25, 0.3) is 0 Å². The summed E-state index contributed by atoms with van der Waals surface area (Å²) in [6.07, 6.45) is 7.90. The summed E-state index contributed by atoms with van der Waals surface area (Å²) < 4.78 is 5.68. The zero-order valence-electron chi connectivity index (χ0n) is 17.1. The lowest BCUT2D eigenvalue weighted by atomic mass is 10.1. The standard InChI is InChI=1S/C22H22N8O/c1-2-15-13-20(27-19-8-3-4-9-23-19)28-22(26-15)30-12-5-7-17(30)18-14-16(29-31-18)21-24-10-6-11-25-21/h3-4,6,8-11,13-14,17H,2,5,7,12H2,1H3,(H,23,26,27,28)/t17-/m0/s1. The fraction of sp³-hybridized carbons (Fsp3) is 0.273. The Morgan fingerprint density at radius 1 is 1.03 bits per heavy atom. The first-order chi connectivity index (χ1) is 15.3. The lowest BCUT2D eigenvalue weighted by Crippen LogP contribution is -2.25. The summed E-state index contributed by atoms with van der Waals surface area (Å²) in [6.45, 7) is 2.93. The van der Waals surface area contributed by atoms with Crippen LogP contribution in [-0.2, 0) is 6.42 Å². The molecule has 1 aliphatic rings. The third-order valence-electron chi connectivity index (χ3n) is 5.21. The molecule has 1 aliphatic heterocycles. The average Bonchev–Trinajstić information content (AvgIpc) is 3.50. The Bertz CT molecular complexity index is 1150. The fourth-order valence-electron chi connectivity index (χ4n) is 3.71. The third-order valence-corrected chi connectivity index (χ3v) is 5.21. The number of pyridine rings is 1. The summed E-state index contributed by atoms with van der Waals surface area (Å²) in [5.74, 6) is 3.46. The van der Waals surface area contributed by atoms with Crippen molar-refractivity contribution in [2.45, 2.75) is 32.2 Å². The van der Waals surface area contributed by atoms with Crippen molar-refractivity contribution in [2.24, 2.45) is 0 Å². The highest BCUT2D eigenvalue weighted by molar-refractivity contribution is 5.55. The molecule has 0 amide bonds. The number of aromatic nitrogens is 6. The van der Waals surface area contributed by atoms with Crippen LogP contribution in [0.2, 0.25) is 0 Å². The van der Waals surface area contributed by atoms with Crippen LogP contribution < -0.4 is 10.2 Å². The molecule has 4 aromatic rings. The van der Waals surface area contributed by atoms with Crippen LogP contribution in [0.4, 0.5) is 17.6 Å². The van der Waals surface area contributed by atoms with E-state index in [4.69, 9.17) is 14.5 Å². The molecule has 0 aromatic carbocycles. The molecule has 4 aromatic heterocycles. The molecule has 156 valence electrons. The van der Waals surface area contributed by atoms with E-state index in [1.54, 1.807) is 24.7 Å². The second-order valence-electron chi connectivity index (χ2n) is 7.28. The van der Waals surface area contributed by atoms with Crippen molar-refractivity contribution >= 4 is 17.6 Å². The van der Waals surface area contributed by atoms with Crippen LogP contribution in [0.3, 0.4) is 0 Å². The summed E-state index contributed by atoms with van der Waals surface area (Å²) in [6, 6.07) is 11.4. The normalized spacial score (nSPS) is 15.9. The maximum Gasteiger partial charge on any atom is 0.228 e. The van der Waals surface area contributed by atoms with Gasteiger partial charge in [0.1, 0.15) is 11.6 Å². The highest BCUT2D eigenvalue weighted by atomic mass is 16.5. The Kier molecular flexibility index (Phi) is 5.22. The van der Waals surface area contributed by atoms with Gasteiger partial charge in [-0.25, -0.2) is 19.9 Å². The maximum atomic E-state index is 5.68. The summed E-state index contributed by atoms with van der Waals surface area (Å²) >= 11 is 0. The SMILES string of the molecule is CCc1cc(Nc2ccccn2)nc(N2CCC[C@H]2c2cc(-c3ncccn3)no2)n1. The first-order valence-electron chi connectivity index (χ1n) is 10.4. The van der Waals surface area contributed by atoms with Crippen LogP contribution >= 0.6 is 0 Å². The molecule has 5 heterocycles. The predicted molar refractivity (Wildman–Crippen MR) is 116 cm³/mol. The Labute approximate surface area is 179 Å². The first kappa shape index (κ1) is 19.1. The lowest BCUT2D eigenvalue weighted by molar-refractivity contribution is 0.362. The molecule has 0 unspecified atom stereocenters. The van der Waals surface area contributed by atoms with Gasteiger partial charge >= 0.3 is 0 Å². The number of hydrogen-bond acceptors (Lipinski definition) is 9. The highest BCUT2D eigenvalue weighted by Crippen LogP contribution is 2.36. The second kappa shape index (κ2) is 8.47. The Balaban J connectivity index is 1.44. The number of nitrogens with zero attached hydrogens (tertiary/aromatic N) is 7. The van der Waals surface area contributed by atoms with Gasteiger partial charge in [-0.1, -0.05) is 18.1 Å². The van der Waals surface area contributed by atoms with E-state index in [1.165, 1.54) is 0 Å². The van der Waals surface area contributed by atoms with E-state index in [0.29, 0.717) is 17.5 Å². The zero-order valence-corrected chi connectivity index (χ0v) is 17.1. The van der Waals surface area contributed by atoms with E-state index in [2.05, 4.69) is 37.2 Å². The van der Waals surface area contributed by atoms with Crippen LogP contribution in [0.5, 0.6) is 0 Å². The minimum Gasteiger partial charge on any atom is -0.358 e. The first-order valence-corrected chi connectivity index (χ1v) is 10.4. The molecule has 0 radical (unpaired) electrons. The van der Waals surface area contributed by atoms with Crippen LogP contribution in [0.1, 0.15) is 37.3 Å². The molecule has 0 spiro atoms. The van der Waals surface area contributed by atoms with Crippen molar-refractivity contribution in [2.75, 3.05) is 16.8 Å². The lowest BCUT2D eigenvalue weighted by Gasteiger charge is -2.23. The molecule has 5 rings (SSSR count). The van der Waals surface area contributed by atoms with E-state index in [0.717, 1.165) is 48.9 Å². The van der Waals surface area contributed by atoms with Gasteiger partial charge in [-0.2, -0.15) is 4.98 Å². The van der Waals surface area contributed by atoms with E-state index >= 15 is 0 Å². The maximum absolute atomic E-state index is 5.68. The van der Waals surface area contributed by atoms with Gasteiger partial charge in [-0.05, 0) is 37.5 Å². The van der Waals surface area contributed by atoms with Crippen molar-refractivity contribution in [1.82, 2.24) is 30.1 Å². The van der Waals surface area contributed by atoms with Crippen molar-refractivity contribution in [3.63, 3.8) is 0 Å². The molecule has 31 heavy (non-hydrogen) atoms. The summed E-state index contributed by atoms with van der Waals surface area (Å²) in [7, 11) is 0. The van der Waals surface area contributed by atoms with Gasteiger partial charge in [-0.3, -0.25) is 0 Å². The second-order valence-corrected chi connectivity index (χ2v) is 7.28. The minimum atomic E-state index is 0.0137. The van der Waals surface area contributed by atoms with Crippen molar-refractivity contribution < 1.29 is 4.52 Å². The third kappa shape index (κ3) is 4.07. The smallest absolute Gasteiger partial charge is 0.228 e. The van der Waals surface area contributed by atoms with Crippen LogP contribution in [0.15, 0.2) is 59.5 Å². The molecule has 1 N–H and O–H groups in total. The summed E-state index contributed by atoms with van der Waals surface area (Å²) in [4.78, 5) is 24.6. The minimum absolute atomic E-state index is 0.0137. The van der Waals surface area contributed by atoms with Gasteiger partial charge in [0.2, 0.25) is 5.95 Å². The molecule has 0 bridgehead atoms. The monoisotopic (exact) mass is 414 g/mol. The number of aryl methyl sites for hydroxylation is 1. The highest BCUT2D eigenvalue weighted by Gasteiger charge is 2.32. The number of anilines is 3. The Morgan fingerprint density at radius 2 is 1.90 bits per heavy atom. The van der Waals surface area contributed by atoms with E-state index in [-0.39, 0.29) is 6.04 Å². The van der Waals surface area contributed by atoms with Gasteiger partial charge < -0.3 is 14.7 Å². The average molecular weight is 414 g/mol. The largest absolute Gasteiger partial charge is 0.358 e. The Hall–Kier alpha value is -3.88. The molecule has 9 heteroatoms. The van der Waals surface area contributed by atoms with E-state index < -0.39 is 0 Å². The summed E-state index contributed by atoms with van der Waals surface area (Å²) in [5, 5.41) is 7.46. The van der Waals surface area contributed by atoms with Gasteiger partial charge in [0, 0.05) is 43.0 Å². The Morgan fingerprint density at radius 3 is 2.71 bits per heavy atom. The van der Waals surface area contributed by atoms with Crippen molar-refractivity contribution in [3.05, 3.63) is 66.4 Å². The fourth-order valence-corrected chi connectivity index (χ4v) is 3.71. The summed E-state index contributed by atoms with van der Waals surface area (Å²) in [5.41, 5.74) is 1.59. The topological polar surface area (TPSA) is 106 Å². The van der Waals surface area contributed by atoms with Crippen molar-refractivity contribution in [3.8, 4) is 11.5 Å². The van der Waals surface area contributed by atoms with Gasteiger partial charge in [-0.15, -0.1) is 0 Å². The predicted octanol–water partition coefficient (Wildman–Crippen LogP) is 3.96. The molecule has 1 fully saturated rings. The molecule has 1 atom stereocenters. The van der Waals surface area contributed by atoms with E-state index in [1.807, 2.05) is 30.3 Å². The zero-order chi connectivity index (χ0) is 21.0. The van der Waals surface area contributed by atoms with E-state index in [9.17, 15) is 0 Å². The quantitative estimate of drug-likeness (QED) is 0.501. The van der Waals surface area contributed by atoms with Crippen LogP contribution in [0.25, 0.3) is 11.5 Å².